The van der Waals surface area contributed by atoms with E-state index in [1.54, 1.807) is 23.0 Å². The fraction of sp³-hybridized carbons (Fsp3) is 0.450. The molecule has 2 aliphatic carbocycles. The molecule has 3 aromatic rings. The Kier molecular flexibility index (Phi) is 11.9. The molecule has 3 unspecified atom stereocenters. The van der Waals surface area contributed by atoms with Gasteiger partial charge in [0.05, 0.1) is 0 Å². The van der Waals surface area contributed by atoms with Crippen LogP contribution in [-0.4, -0.2) is 16.5 Å². The summed E-state index contributed by atoms with van der Waals surface area (Å²) in [7, 11) is -0.445. The molecule has 3 fully saturated rings. The van der Waals surface area contributed by atoms with E-state index in [-0.39, 0.29) is 7.92 Å². The predicted octanol–water partition coefficient (Wildman–Crippen LogP) is 10.9. The molecule has 0 radical (unpaired) electrons. The van der Waals surface area contributed by atoms with Gasteiger partial charge in [-0.15, -0.1) is 0 Å². The van der Waals surface area contributed by atoms with E-state index in [0.29, 0.717) is 16.2 Å². The fourth-order valence-corrected chi connectivity index (χ4v) is 13.7. The van der Waals surface area contributed by atoms with E-state index in [2.05, 4.69) is 133 Å². The molecular formula is C40H54P2. The quantitative estimate of drug-likeness (QED) is 0.188. The van der Waals surface area contributed by atoms with Crippen molar-refractivity contribution in [3.8, 4) is 0 Å². The smallest absolute Gasteiger partial charge is 0.00553 e. The van der Waals surface area contributed by atoms with Crippen molar-refractivity contribution in [2.75, 3.05) is 6.16 Å². The Morgan fingerprint density at radius 2 is 1.14 bits per heavy atom. The van der Waals surface area contributed by atoms with Gasteiger partial charge >= 0.3 is 0 Å². The molecule has 224 valence electrons. The molecule has 0 amide bonds. The lowest BCUT2D eigenvalue weighted by atomic mass is 9.90. The van der Waals surface area contributed by atoms with Crippen LogP contribution in [0, 0.1) is 11.8 Å². The van der Waals surface area contributed by atoms with Crippen LogP contribution in [0.3, 0.4) is 0 Å². The van der Waals surface area contributed by atoms with Crippen LogP contribution in [0.2, 0.25) is 0 Å². The predicted molar refractivity (Wildman–Crippen MR) is 193 cm³/mol. The molecular weight excluding hydrogens is 542 g/mol. The van der Waals surface area contributed by atoms with Gasteiger partial charge in [-0.3, -0.25) is 0 Å². The summed E-state index contributed by atoms with van der Waals surface area (Å²) >= 11 is 0. The molecule has 1 aliphatic heterocycles. The summed E-state index contributed by atoms with van der Waals surface area (Å²) in [6.45, 7) is 19.3. The van der Waals surface area contributed by atoms with Gasteiger partial charge in [0.25, 0.3) is 0 Å². The first-order valence-corrected chi connectivity index (χ1v) is 19.1. The number of rotatable bonds is 7. The summed E-state index contributed by atoms with van der Waals surface area (Å²) in [5.74, 6) is 2.36. The summed E-state index contributed by atoms with van der Waals surface area (Å²) in [5, 5.41) is 5.58. The fourth-order valence-electron chi connectivity index (χ4n) is 7.17. The molecule has 1 saturated heterocycles. The Labute approximate surface area is 260 Å². The first kappa shape index (κ1) is 32.9. The lowest BCUT2D eigenvalue weighted by Gasteiger charge is -2.28. The van der Waals surface area contributed by atoms with E-state index < -0.39 is 7.92 Å². The van der Waals surface area contributed by atoms with Gasteiger partial charge in [0, 0.05) is 0 Å². The van der Waals surface area contributed by atoms with E-state index in [1.807, 2.05) is 0 Å². The standard InChI is InChI=1S/C31H38P2.C5H10.C4H6/c1-23-20-24(22-32-30(2,3)31(32,4)5)28(21-23)27-18-12-13-19-29(27)33(25-14-8-6-9-15-25)26-16-10-7-11-17-26;1-2-4-5-3-1;1-3-4-2/h6-19,23-24,28H,20-22H2,1-5H3;1-5H2;3-4H,1-2H2. The second-order valence-corrected chi connectivity index (χ2v) is 19.1. The Balaban J connectivity index is 0.000000389. The number of hydrogen-bond donors (Lipinski definition) is 0. The zero-order valence-electron chi connectivity index (χ0n) is 26.9. The molecule has 0 spiro atoms. The van der Waals surface area contributed by atoms with Gasteiger partial charge in [0.2, 0.25) is 0 Å². The minimum Gasteiger partial charge on any atom is -0.0991 e. The van der Waals surface area contributed by atoms with E-state index in [1.165, 1.54) is 61.7 Å². The van der Waals surface area contributed by atoms with E-state index in [9.17, 15) is 0 Å². The van der Waals surface area contributed by atoms with Crippen molar-refractivity contribution < 1.29 is 0 Å². The minimum atomic E-state index is -0.554. The van der Waals surface area contributed by atoms with Crippen molar-refractivity contribution >= 4 is 31.8 Å². The average molecular weight is 597 g/mol. The Morgan fingerprint density at radius 3 is 1.60 bits per heavy atom. The van der Waals surface area contributed by atoms with Crippen molar-refractivity contribution in [2.24, 2.45) is 11.8 Å². The average Bonchev–Trinajstić information content (AvgIpc) is 3.56. The summed E-state index contributed by atoms with van der Waals surface area (Å²) in [5.41, 5.74) is 1.64. The van der Waals surface area contributed by atoms with Gasteiger partial charge in [-0.1, -0.05) is 185 Å². The number of hydrogen-bond acceptors (Lipinski definition) is 0. The maximum Gasteiger partial charge on any atom is -0.00553 e. The van der Waals surface area contributed by atoms with Gasteiger partial charge in [-0.05, 0) is 76.5 Å². The van der Waals surface area contributed by atoms with Crippen LogP contribution in [-0.2, 0) is 0 Å². The van der Waals surface area contributed by atoms with Crippen molar-refractivity contribution in [3.63, 3.8) is 0 Å². The molecule has 0 nitrogen and oxygen atoms in total. The van der Waals surface area contributed by atoms with Gasteiger partial charge < -0.3 is 0 Å². The molecule has 42 heavy (non-hydrogen) atoms. The number of benzene rings is 3. The largest absolute Gasteiger partial charge is 0.0991 e. The lowest BCUT2D eigenvalue weighted by molar-refractivity contribution is 0.534. The van der Waals surface area contributed by atoms with Crippen molar-refractivity contribution in [1.29, 1.82) is 0 Å². The van der Waals surface area contributed by atoms with Gasteiger partial charge in [0.1, 0.15) is 0 Å². The van der Waals surface area contributed by atoms with Crippen molar-refractivity contribution in [3.05, 3.63) is 116 Å². The second-order valence-electron chi connectivity index (χ2n) is 13.5. The Morgan fingerprint density at radius 1 is 0.690 bits per heavy atom. The third kappa shape index (κ3) is 7.74. The topological polar surface area (TPSA) is 0 Å². The van der Waals surface area contributed by atoms with Gasteiger partial charge in [-0.25, -0.2) is 0 Å². The van der Waals surface area contributed by atoms with Gasteiger partial charge in [0.15, 0.2) is 0 Å². The summed E-state index contributed by atoms with van der Waals surface area (Å²) < 4.78 is 0. The van der Waals surface area contributed by atoms with E-state index >= 15 is 0 Å². The van der Waals surface area contributed by atoms with Crippen LogP contribution in [0.4, 0.5) is 0 Å². The van der Waals surface area contributed by atoms with Crippen LogP contribution < -0.4 is 15.9 Å². The maximum atomic E-state index is 3.36. The summed E-state index contributed by atoms with van der Waals surface area (Å²) in [4.78, 5) is 0. The molecule has 2 saturated carbocycles. The summed E-state index contributed by atoms with van der Waals surface area (Å²) in [6.07, 6.45) is 15.0. The molecule has 3 aliphatic rings. The van der Waals surface area contributed by atoms with E-state index in [4.69, 9.17) is 0 Å². The molecule has 0 bridgehead atoms. The highest BCUT2D eigenvalue weighted by atomic mass is 31.1. The highest BCUT2D eigenvalue weighted by Gasteiger charge is 2.64. The van der Waals surface area contributed by atoms with Crippen LogP contribution >= 0.6 is 15.8 Å². The molecule has 1 heterocycles. The van der Waals surface area contributed by atoms with Gasteiger partial charge in [-0.2, -0.15) is 0 Å². The zero-order chi connectivity index (χ0) is 30.2. The highest BCUT2D eigenvalue weighted by Crippen LogP contribution is 2.83. The van der Waals surface area contributed by atoms with Crippen LogP contribution in [0.5, 0.6) is 0 Å². The molecule has 0 aromatic heterocycles. The van der Waals surface area contributed by atoms with E-state index in [0.717, 1.165) is 11.8 Å². The molecule has 0 N–H and O–H groups in total. The van der Waals surface area contributed by atoms with Crippen molar-refractivity contribution in [1.82, 2.24) is 0 Å². The Hall–Kier alpha value is -2.00. The molecule has 6 rings (SSSR count). The third-order valence-corrected chi connectivity index (χ3v) is 17.1. The maximum absolute atomic E-state index is 3.36. The number of allylic oxidation sites excluding steroid dienone is 2. The first-order chi connectivity index (χ1) is 20.2. The first-order valence-electron chi connectivity index (χ1n) is 16.2. The summed E-state index contributed by atoms with van der Waals surface area (Å²) in [6, 6.07) is 31.9. The molecule has 3 atom stereocenters. The third-order valence-electron chi connectivity index (χ3n) is 10.2. The molecule has 3 aromatic carbocycles. The van der Waals surface area contributed by atoms with Crippen LogP contribution in [0.15, 0.2) is 110 Å². The van der Waals surface area contributed by atoms with Crippen LogP contribution in [0.1, 0.15) is 91.0 Å². The van der Waals surface area contributed by atoms with Crippen LogP contribution in [0.25, 0.3) is 0 Å². The monoisotopic (exact) mass is 596 g/mol. The molecule has 2 heteroatoms. The highest BCUT2D eigenvalue weighted by molar-refractivity contribution is 7.80. The zero-order valence-corrected chi connectivity index (χ0v) is 28.7. The second kappa shape index (κ2) is 15.1. The normalized spacial score (nSPS) is 23.7. The SMILES string of the molecule is C1CCCC1.C=CC=C.CC1CC(CP2C(C)(C)C2(C)C)C(c2ccccc2P(c2ccccc2)c2ccccc2)C1. The Bertz CT molecular complexity index is 1190. The van der Waals surface area contributed by atoms with Crippen molar-refractivity contribution in [2.45, 2.75) is 95.8 Å². The minimum absolute atomic E-state index is 0.109. The lowest BCUT2D eigenvalue weighted by Crippen LogP contribution is -2.25.